The normalized spacial score (nSPS) is 16.3. The molecule has 0 bridgehead atoms. The summed E-state index contributed by atoms with van der Waals surface area (Å²) in [5.74, 6) is 0.623. The number of urea groups is 1. The average molecular weight is 434 g/mol. The summed E-state index contributed by atoms with van der Waals surface area (Å²) in [5, 5.41) is 6.06. The molecular formula is C21H24ClN3O5. The van der Waals surface area contributed by atoms with Crippen LogP contribution >= 0.6 is 11.6 Å². The van der Waals surface area contributed by atoms with Crippen LogP contribution in [0.2, 0.25) is 5.02 Å². The van der Waals surface area contributed by atoms with Crippen molar-refractivity contribution in [3.8, 4) is 5.75 Å². The molecule has 1 aromatic carbocycles. The maximum Gasteiger partial charge on any atom is 0.338 e. The predicted molar refractivity (Wildman–Crippen MR) is 111 cm³/mol. The molecule has 0 fully saturated rings. The highest BCUT2D eigenvalue weighted by atomic mass is 35.5. The van der Waals surface area contributed by atoms with Crippen LogP contribution in [0.5, 0.6) is 5.75 Å². The van der Waals surface area contributed by atoms with Crippen LogP contribution in [0.3, 0.4) is 0 Å². The molecule has 2 heterocycles. The van der Waals surface area contributed by atoms with Crippen molar-refractivity contribution in [2.75, 3.05) is 33.4 Å². The lowest BCUT2D eigenvalue weighted by Crippen LogP contribution is -2.48. The van der Waals surface area contributed by atoms with Crippen LogP contribution in [0.4, 0.5) is 4.79 Å². The summed E-state index contributed by atoms with van der Waals surface area (Å²) in [6.45, 7) is 3.23. The van der Waals surface area contributed by atoms with E-state index in [1.54, 1.807) is 31.2 Å². The number of carbonyl (C=O) groups excluding carboxylic acids is 2. The molecule has 3 rings (SSSR count). The van der Waals surface area contributed by atoms with Crippen LogP contribution in [-0.4, -0.2) is 50.3 Å². The van der Waals surface area contributed by atoms with E-state index in [-0.39, 0.29) is 6.61 Å². The number of halogens is 1. The Labute approximate surface area is 179 Å². The molecular weight excluding hydrogens is 410 g/mol. The highest BCUT2D eigenvalue weighted by Gasteiger charge is 2.35. The monoisotopic (exact) mass is 433 g/mol. The van der Waals surface area contributed by atoms with Crippen LogP contribution in [0.15, 0.2) is 58.3 Å². The first-order valence-electron chi connectivity index (χ1n) is 9.56. The number of carbonyl (C=O) groups is 2. The van der Waals surface area contributed by atoms with E-state index in [9.17, 15) is 9.59 Å². The molecule has 1 atom stereocenters. The minimum absolute atomic E-state index is 0.220. The van der Waals surface area contributed by atoms with E-state index >= 15 is 0 Å². The first-order chi connectivity index (χ1) is 14.5. The van der Waals surface area contributed by atoms with Crippen LogP contribution in [0.1, 0.15) is 18.7 Å². The second-order valence-corrected chi connectivity index (χ2v) is 7.14. The third-order valence-corrected chi connectivity index (χ3v) is 4.68. The van der Waals surface area contributed by atoms with Crippen LogP contribution in [0, 0.1) is 0 Å². The van der Waals surface area contributed by atoms with Gasteiger partial charge in [0.2, 0.25) is 0 Å². The molecule has 1 aromatic heterocycles. The molecule has 0 saturated carbocycles. The number of ether oxygens (including phenoxy) is 2. The van der Waals surface area contributed by atoms with Gasteiger partial charge in [0.1, 0.15) is 24.2 Å². The third-order valence-electron chi connectivity index (χ3n) is 4.44. The molecule has 8 nitrogen and oxygen atoms in total. The summed E-state index contributed by atoms with van der Waals surface area (Å²) < 4.78 is 16.4. The molecule has 2 N–H and O–H groups in total. The maximum absolute atomic E-state index is 12.7. The van der Waals surface area contributed by atoms with Gasteiger partial charge < -0.3 is 24.5 Å². The quantitative estimate of drug-likeness (QED) is 0.590. The van der Waals surface area contributed by atoms with Gasteiger partial charge in [-0.25, -0.2) is 9.59 Å². The van der Waals surface area contributed by atoms with E-state index < -0.39 is 18.0 Å². The number of benzene rings is 1. The second kappa shape index (κ2) is 10.2. The van der Waals surface area contributed by atoms with Crippen molar-refractivity contribution in [2.24, 2.45) is 0 Å². The Morgan fingerprint density at radius 3 is 2.83 bits per heavy atom. The van der Waals surface area contributed by atoms with Gasteiger partial charge in [-0.1, -0.05) is 17.7 Å². The number of hydrogen-bond acceptors (Lipinski definition) is 6. The number of hydrogen-bond donors (Lipinski definition) is 2. The summed E-state index contributed by atoms with van der Waals surface area (Å²) in [5.41, 5.74) is 0.776. The fourth-order valence-electron chi connectivity index (χ4n) is 3.09. The number of nitrogens with one attached hydrogen (secondary N) is 2. The Hall–Kier alpha value is -2.97. The second-order valence-electron chi connectivity index (χ2n) is 6.70. The summed E-state index contributed by atoms with van der Waals surface area (Å²) in [6, 6.07) is 9.43. The lowest BCUT2D eigenvalue weighted by Gasteiger charge is -2.29. The first kappa shape index (κ1) is 21.7. The van der Waals surface area contributed by atoms with E-state index in [0.717, 1.165) is 0 Å². The Morgan fingerprint density at radius 2 is 2.13 bits per heavy atom. The van der Waals surface area contributed by atoms with E-state index in [2.05, 4.69) is 10.6 Å². The fraction of sp³-hybridized carbons (Fsp3) is 0.333. The number of esters is 1. The van der Waals surface area contributed by atoms with Gasteiger partial charge in [0.15, 0.2) is 0 Å². The van der Waals surface area contributed by atoms with Crippen molar-refractivity contribution in [1.82, 2.24) is 15.5 Å². The van der Waals surface area contributed by atoms with Crippen LogP contribution < -0.4 is 15.4 Å². The van der Waals surface area contributed by atoms with Gasteiger partial charge in [-0.3, -0.25) is 4.90 Å². The van der Waals surface area contributed by atoms with Gasteiger partial charge >= 0.3 is 12.0 Å². The zero-order chi connectivity index (χ0) is 21.5. The van der Waals surface area contributed by atoms with Crippen LogP contribution in [-0.2, 0) is 9.53 Å². The topological polar surface area (TPSA) is 93.0 Å². The number of amides is 2. The molecule has 0 spiro atoms. The van der Waals surface area contributed by atoms with Gasteiger partial charge in [-0.2, -0.15) is 0 Å². The van der Waals surface area contributed by atoms with Gasteiger partial charge in [-0.15, -0.1) is 0 Å². The molecule has 1 aliphatic rings. The predicted octanol–water partition coefficient (Wildman–Crippen LogP) is 3.11. The molecule has 2 aromatic rings. The van der Waals surface area contributed by atoms with E-state index in [0.29, 0.717) is 47.5 Å². The molecule has 9 heteroatoms. The summed E-state index contributed by atoms with van der Waals surface area (Å²) >= 11 is 5.96. The van der Waals surface area contributed by atoms with Crippen molar-refractivity contribution in [2.45, 2.75) is 13.0 Å². The van der Waals surface area contributed by atoms with E-state index in [1.807, 2.05) is 24.1 Å². The highest BCUT2D eigenvalue weighted by Crippen LogP contribution is 2.28. The van der Waals surface area contributed by atoms with Crippen molar-refractivity contribution in [3.63, 3.8) is 0 Å². The SMILES string of the molecule is CCOC(=O)C1=C(CN(C)CCOc2cccc(Cl)c2)NC(=O)N[C@@H]1c1ccco1. The summed E-state index contributed by atoms with van der Waals surface area (Å²) in [7, 11) is 1.87. The van der Waals surface area contributed by atoms with Gasteiger partial charge in [0.05, 0.1) is 18.4 Å². The molecule has 0 saturated heterocycles. The van der Waals surface area contributed by atoms with E-state index in [4.69, 9.17) is 25.5 Å². The van der Waals surface area contributed by atoms with Gasteiger partial charge in [0.25, 0.3) is 0 Å². The molecule has 0 aliphatic carbocycles. The molecule has 2 amide bonds. The zero-order valence-corrected chi connectivity index (χ0v) is 17.6. The Kier molecular flexibility index (Phi) is 7.37. The Morgan fingerprint density at radius 1 is 1.30 bits per heavy atom. The molecule has 160 valence electrons. The molecule has 0 radical (unpaired) electrons. The highest BCUT2D eigenvalue weighted by molar-refractivity contribution is 6.30. The largest absolute Gasteiger partial charge is 0.492 e. The molecule has 0 unspecified atom stereocenters. The summed E-state index contributed by atoms with van der Waals surface area (Å²) in [6.07, 6.45) is 1.49. The average Bonchev–Trinajstić information content (AvgIpc) is 3.22. The summed E-state index contributed by atoms with van der Waals surface area (Å²) in [4.78, 5) is 26.8. The zero-order valence-electron chi connectivity index (χ0n) is 16.8. The maximum atomic E-state index is 12.7. The third kappa shape index (κ3) is 5.55. The minimum atomic E-state index is -0.723. The minimum Gasteiger partial charge on any atom is -0.492 e. The van der Waals surface area contributed by atoms with E-state index in [1.165, 1.54) is 6.26 Å². The van der Waals surface area contributed by atoms with Crippen LogP contribution in [0.25, 0.3) is 0 Å². The van der Waals surface area contributed by atoms with Crippen molar-refractivity contribution < 1.29 is 23.5 Å². The van der Waals surface area contributed by atoms with Gasteiger partial charge in [-0.05, 0) is 44.3 Å². The number of furan rings is 1. The number of likely N-dealkylation sites (N-methyl/N-ethyl adjacent to an activating group) is 1. The first-order valence-corrected chi connectivity index (χ1v) is 9.93. The van der Waals surface area contributed by atoms with Crippen molar-refractivity contribution >= 4 is 23.6 Å². The number of nitrogens with zero attached hydrogens (tertiary/aromatic N) is 1. The molecule has 1 aliphatic heterocycles. The number of rotatable bonds is 9. The fourth-order valence-corrected chi connectivity index (χ4v) is 3.27. The lowest BCUT2D eigenvalue weighted by molar-refractivity contribution is -0.139. The molecule has 30 heavy (non-hydrogen) atoms. The Bertz CT molecular complexity index is 913. The smallest absolute Gasteiger partial charge is 0.338 e. The lowest BCUT2D eigenvalue weighted by atomic mass is 10.00. The van der Waals surface area contributed by atoms with Crippen molar-refractivity contribution in [3.05, 3.63) is 64.7 Å². The van der Waals surface area contributed by atoms with Gasteiger partial charge in [0, 0.05) is 23.8 Å². The Balaban J connectivity index is 1.72. The van der Waals surface area contributed by atoms with Crippen molar-refractivity contribution in [1.29, 1.82) is 0 Å². The standard InChI is InChI=1S/C21H24ClN3O5/c1-3-28-20(26)18-16(23-21(27)24-19(18)17-8-5-10-30-17)13-25(2)9-11-29-15-7-4-6-14(22)12-15/h4-8,10,12,19H,3,9,11,13H2,1-2H3,(H2,23,24,27)/t19-/m1/s1.